The molecule has 1 atom stereocenters. The number of hydrogen-bond acceptors (Lipinski definition) is 6. The van der Waals surface area contributed by atoms with E-state index in [0.29, 0.717) is 6.61 Å². The van der Waals surface area contributed by atoms with Crippen LogP contribution in [0.2, 0.25) is 0 Å². The van der Waals surface area contributed by atoms with Crippen molar-refractivity contribution in [1.29, 1.82) is 0 Å². The molecule has 0 spiro atoms. The van der Waals surface area contributed by atoms with Gasteiger partial charge >= 0.3 is 0 Å². The first-order chi connectivity index (χ1) is 9.56. The second kappa shape index (κ2) is 8.77. The van der Waals surface area contributed by atoms with E-state index in [2.05, 4.69) is 5.48 Å². The second-order valence-electron chi connectivity index (χ2n) is 3.61. The Balaban J connectivity index is 2.96. The van der Waals surface area contributed by atoms with Crippen LogP contribution >= 0.6 is 17.1 Å². The molecule has 1 amide bonds. The summed E-state index contributed by atoms with van der Waals surface area (Å²) in [5, 5.41) is -0.548. The monoisotopic (exact) mass is 335 g/mol. The fourth-order valence-corrected chi connectivity index (χ4v) is 5.09. The molecule has 0 bridgehead atoms. The first kappa shape index (κ1) is 17.6. The van der Waals surface area contributed by atoms with Crippen LogP contribution in [0.5, 0.6) is 0 Å². The molecule has 0 aliphatic carbocycles. The maximum atomic E-state index is 12.2. The SMILES string of the molecule is CCONC(=O)C(SP(=S)(OC)OC)c1ccccc1. The average molecular weight is 335 g/mol. The molecule has 5 nitrogen and oxygen atoms in total. The van der Waals surface area contributed by atoms with Crippen molar-refractivity contribution in [1.82, 2.24) is 5.48 Å². The second-order valence-corrected chi connectivity index (χ2v) is 10.1. The Morgan fingerprint density at radius 1 is 1.35 bits per heavy atom. The highest BCUT2D eigenvalue weighted by atomic mass is 32.9. The summed E-state index contributed by atoms with van der Waals surface area (Å²) in [4.78, 5) is 17.2. The summed E-state index contributed by atoms with van der Waals surface area (Å²) in [6, 6.07) is 9.32. The summed E-state index contributed by atoms with van der Waals surface area (Å²) in [5.74, 6) is -0.286. The molecule has 8 heteroatoms. The van der Waals surface area contributed by atoms with Crippen LogP contribution in [0.15, 0.2) is 30.3 Å². The van der Waals surface area contributed by atoms with E-state index in [1.165, 1.54) is 25.6 Å². The lowest BCUT2D eigenvalue weighted by Crippen LogP contribution is -2.28. The molecular formula is C12H18NO4PS2. The van der Waals surface area contributed by atoms with Crippen molar-refractivity contribution in [3.63, 3.8) is 0 Å². The van der Waals surface area contributed by atoms with Crippen molar-refractivity contribution >= 4 is 34.8 Å². The zero-order chi connectivity index (χ0) is 15.0. The summed E-state index contributed by atoms with van der Waals surface area (Å²) >= 11 is 6.51. The molecule has 1 N–H and O–H groups in total. The van der Waals surface area contributed by atoms with Crippen LogP contribution in [-0.4, -0.2) is 26.7 Å². The number of carbonyl (C=O) groups excluding carboxylic acids is 1. The Bertz CT molecular complexity index is 464. The quantitative estimate of drug-likeness (QED) is 0.582. The minimum atomic E-state index is -2.56. The number of carbonyl (C=O) groups is 1. The van der Waals surface area contributed by atoms with Gasteiger partial charge in [0.25, 0.3) is 5.91 Å². The molecule has 1 aromatic carbocycles. The Morgan fingerprint density at radius 2 is 1.95 bits per heavy atom. The minimum absolute atomic E-state index is 0.286. The first-order valence-corrected chi connectivity index (χ1v) is 10.0. The van der Waals surface area contributed by atoms with E-state index < -0.39 is 10.9 Å². The molecule has 0 saturated carbocycles. The summed E-state index contributed by atoms with van der Waals surface area (Å²) in [7, 11) is 2.97. The van der Waals surface area contributed by atoms with Gasteiger partial charge in [-0.25, -0.2) is 5.48 Å². The van der Waals surface area contributed by atoms with E-state index in [1.807, 2.05) is 30.3 Å². The third kappa shape index (κ3) is 5.16. The van der Waals surface area contributed by atoms with E-state index in [9.17, 15) is 4.79 Å². The number of benzene rings is 1. The van der Waals surface area contributed by atoms with Gasteiger partial charge in [0.2, 0.25) is 5.69 Å². The molecule has 1 aromatic rings. The van der Waals surface area contributed by atoms with Crippen LogP contribution in [0.3, 0.4) is 0 Å². The van der Waals surface area contributed by atoms with Crippen molar-refractivity contribution in [2.45, 2.75) is 12.2 Å². The molecule has 0 aliphatic rings. The number of hydrogen-bond donors (Lipinski definition) is 1. The Kier molecular flexibility index (Phi) is 7.72. The summed E-state index contributed by atoms with van der Waals surface area (Å²) in [6.45, 7) is 2.18. The van der Waals surface area contributed by atoms with Crippen LogP contribution in [0.25, 0.3) is 0 Å². The lowest BCUT2D eigenvalue weighted by atomic mass is 10.1. The van der Waals surface area contributed by atoms with Crippen molar-refractivity contribution in [2.24, 2.45) is 0 Å². The highest BCUT2D eigenvalue weighted by molar-refractivity contribution is 8.68. The maximum Gasteiger partial charge on any atom is 0.261 e. The van der Waals surface area contributed by atoms with Gasteiger partial charge in [0.1, 0.15) is 5.25 Å². The molecule has 0 aliphatic heterocycles. The van der Waals surface area contributed by atoms with Crippen LogP contribution < -0.4 is 5.48 Å². The summed E-state index contributed by atoms with van der Waals surface area (Å²) < 4.78 is 10.5. The van der Waals surface area contributed by atoms with Crippen LogP contribution in [-0.2, 0) is 30.5 Å². The van der Waals surface area contributed by atoms with Gasteiger partial charge in [0.05, 0.1) is 6.61 Å². The molecule has 0 heterocycles. The van der Waals surface area contributed by atoms with Crippen LogP contribution in [0.4, 0.5) is 0 Å². The molecule has 0 aromatic heterocycles. The molecule has 112 valence electrons. The Morgan fingerprint density at radius 3 is 2.45 bits per heavy atom. The van der Waals surface area contributed by atoms with Crippen molar-refractivity contribution in [2.75, 3.05) is 20.8 Å². The van der Waals surface area contributed by atoms with Crippen molar-refractivity contribution in [3.05, 3.63) is 35.9 Å². The van der Waals surface area contributed by atoms with Gasteiger partial charge in [0, 0.05) is 14.2 Å². The molecule has 0 saturated heterocycles. The summed E-state index contributed by atoms with van der Waals surface area (Å²) in [5.41, 5.74) is 0.665. The molecular weight excluding hydrogens is 317 g/mol. The van der Waals surface area contributed by atoms with E-state index in [-0.39, 0.29) is 5.91 Å². The maximum absolute atomic E-state index is 12.2. The van der Waals surface area contributed by atoms with Gasteiger partial charge in [-0.2, -0.15) is 0 Å². The lowest BCUT2D eigenvalue weighted by molar-refractivity contribution is -0.132. The average Bonchev–Trinajstić information content (AvgIpc) is 2.51. The van der Waals surface area contributed by atoms with Gasteiger partial charge < -0.3 is 9.05 Å². The zero-order valence-electron chi connectivity index (χ0n) is 11.6. The van der Waals surface area contributed by atoms with Gasteiger partial charge in [-0.05, 0) is 24.3 Å². The third-order valence-electron chi connectivity index (χ3n) is 2.34. The molecule has 0 fully saturated rings. The normalized spacial score (nSPS) is 12.9. The molecule has 0 radical (unpaired) electrons. The predicted octanol–water partition coefficient (Wildman–Crippen LogP) is 3.05. The zero-order valence-corrected chi connectivity index (χ0v) is 14.1. The standard InChI is InChI=1S/C12H18NO4PS2/c1-4-17-13-12(14)11(10-8-6-5-7-9-10)20-18(19,15-2)16-3/h5-9,11H,4H2,1-3H3,(H,13,14). The Hall–Kier alpha value is -0.430. The van der Waals surface area contributed by atoms with Gasteiger partial charge in [-0.15, -0.1) is 0 Å². The van der Waals surface area contributed by atoms with E-state index >= 15 is 0 Å². The van der Waals surface area contributed by atoms with Crippen molar-refractivity contribution < 1.29 is 18.7 Å². The molecule has 20 heavy (non-hydrogen) atoms. The fraction of sp³-hybridized carbons (Fsp3) is 0.417. The topological polar surface area (TPSA) is 56.8 Å². The third-order valence-corrected chi connectivity index (χ3v) is 8.16. The first-order valence-electron chi connectivity index (χ1n) is 5.92. The van der Waals surface area contributed by atoms with Gasteiger partial charge in [-0.1, -0.05) is 41.7 Å². The molecule has 1 rings (SSSR count). The van der Waals surface area contributed by atoms with Crippen molar-refractivity contribution in [3.8, 4) is 0 Å². The highest BCUT2D eigenvalue weighted by Crippen LogP contribution is 2.64. The van der Waals surface area contributed by atoms with Crippen LogP contribution in [0.1, 0.15) is 17.7 Å². The van der Waals surface area contributed by atoms with Gasteiger partial charge in [-0.3, -0.25) is 9.63 Å². The number of nitrogens with one attached hydrogen (secondary N) is 1. The summed E-state index contributed by atoms with van der Waals surface area (Å²) in [6.07, 6.45) is 0. The minimum Gasteiger partial charge on any atom is -0.325 e. The van der Waals surface area contributed by atoms with Gasteiger partial charge in [0.15, 0.2) is 0 Å². The highest BCUT2D eigenvalue weighted by Gasteiger charge is 2.30. The smallest absolute Gasteiger partial charge is 0.261 e. The van der Waals surface area contributed by atoms with E-state index in [4.69, 9.17) is 25.7 Å². The largest absolute Gasteiger partial charge is 0.325 e. The number of rotatable bonds is 8. The van der Waals surface area contributed by atoms with E-state index in [0.717, 1.165) is 5.56 Å². The van der Waals surface area contributed by atoms with E-state index in [1.54, 1.807) is 6.92 Å². The number of hydroxylamine groups is 1. The Labute approximate surface area is 128 Å². The van der Waals surface area contributed by atoms with Crippen LogP contribution in [0, 0.1) is 0 Å². The molecule has 1 unspecified atom stereocenters. The fourth-order valence-electron chi connectivity index (χ4n) is 1.37. The number of amides is 1. The lowest BCUT2D eigenvalue weighted by Gasteiger charge is -2.23. The predicted molar refractivity (Wildman–Crippen MR) is 84.8 cm³/mol.